The number of nitrogens with zero attached hydrogens (tertiary/aromatic N) is 3. The Morgan fingerprint density at radius 3 is 2.71 bits per heavy atom. The van der Waals surface area contributed by atoms with Crippen molar-refractivity contribution in [1.82, 2.24) is 9.88 Å². The van der Waals surface area contributed by atoms with Crippen molar-refractivity contribution >= 4 is 5.82 Å². The first-order valence-electron chi connectivity index (χ1n) is 7.79. The van der Waals surface area contributed by atoms with Crippen LogP contribution in [0.4, 0.5) is 10.2 Å². The molecule has 4 nitrogen and oxygen atoms in total. The van der Waals surface area contributed by atoms with Crippen molar-refractivity contribution in [1.29, 1.82) is 0 Å². The topological polar surface area (TPSA) is 28.6 Å². The van der Waals surface area contributed by atoms with E-state index in [4.69, 9.17) is 4.74 Å². The van der Waals surface area contributed by atoms with Gasteiger partial charge in [-0.05, 0) is 38.8 Å². The number of aromatic nitrogens is 1. The van der Waals surface area contributed by atoms with E-state index >= 15 is 0 Å². The molecule has 0 aliphatic carbocycles. The highest BCUT2D eigenvalue weighted by Crippen LogP contribution is 2.30. The number of piperazine rings is 1. The minimum absolute atomic E-state index is 0.0313. The Hall–Kier alpha value is -1.20. The molecule has 0 spiro atoms. The molecule has 0 aromatic carbocycles. The van der Waals surface area contributed by atoms with Crippen LogP contribution in [0.2, 0.25) is 0 Å². The van der Waals surface area contributed by atoms with Gasteiger partial charge in [0.25, 0.3) is 0 Å². The van der Waals surface area contributed by atoms with Crippen LogP contribution in [-0.2, 0) is 4.74 Å². The number of halogens is 1. The van der Waals surface area contributed by atoms with Crippen molar-refractivity contribution in [2.24, 2.45) is 0 Å². The van der Waals surface area contributed by atoms with Crippen molar-refractivity contribution in [2.45, 2.75) is 38.4 Å². The number of pyridine rings is 1. The van der Waals surface area contributed by atoms with Gasteiger partial charge in [-0.2, -0.15) is 0 Å². The molecule has 21 heavy (non-hydrogen) atoms. The summed E-state index contributed by atoms with van der Waals surface area (Å²) < 4.78 is 19.8. The molecule has 0 N–H and O–H groups in total. The van der Waals surface area contributed by atoms with Gasteiger partial charge in [-0.1, -0.05) is 0 Å². The van der Waals surface area contributed by atoms with Crippen LogP contribution < -0.4 is 4.90 Å². The Morgan fingerprint density at radius 2 is 2.10 bits per heavy atom. The lowest BCUT2D eigenvalue weighted by atomic mass is 10.1. The van der Waals surface area contributed by atoms with E-state index in [0.29, 0.717) is 11.9 Å². The molecule has 1 aromatic heterocycles. The predicted octanol–water partition coefficient (Wildman–Crippen LogP) is 2.30. The van der Waals surface area contributed by atoms with Crippen molar-refractivity contribution in [3.8, 4) is 0 Å². The number of hydrogen-bond acceptors (Lipinski definition) is 4. The fourth-order valence-electron chi connectivity index (χ4n) is 3.25. The maximum absolute atomic E-state index is 13.7. The molecule has 0 saturated carbocycles. The number of anilines is 1. The first kappa shape index (κ1) is 14.7. The molecule has 2 fully saturated rings. The van der Waals surface area contributed by atoms with Crippen LogP contribution in [0.3, 0.4) is 0 Å². The Bertz CT molecular complexity index is 486. The zero-order valence-electron chi connectivity index (χ0n) is 12.9. The van der Waals surface area contributed by atoms with E-state index in [-0.39, 0.29) is 11.4 Å². The SMILES string of the molecule is CC1(C)CC[C@H](CN2CCN(c3ncccc3F)CC2)O1. The zero-order valence-corrected chi connectivity index (χ0v) is 12.9. The van der Waals surface area contributed by atoms with Gasteiger partial charge < -0.3 is 9.64 Å². The smallest absolute Gasteiger partial charge is 0.165 e. The van der Waals surface area contributed by atoms with Gasteiger partial charge in [0.1, 0.15) is 0 Å². The van der Waals surface area contributed by atoms with Gasteiger partial charge in [-0.3, -0.25) is 4.90 Å². The molecule has 0 amide bonds. The maximum atomic E-state index is 13.7. The minimum Gasteiger partial charge on any atom is -0.371 e. The van der Waals surface area contributed by atoms with Gasteiger partial charge in [0.15, 0.2) is 11.6 Å². The quantitative estimate of drug-likeness (QED) is 0.855. The van der Waals surface area contributed by atoms with E-state index in [9.17, 15) is 4.39 Å². The summed E-state index contributed by atoms with van der Waals surface area (Å²) in [6.45, 7) is 8.84. The number of rotatable bonds is 3. The molecule has 116 valence electrons. The molecule has 1 atom stereocenters. The molecule has 3 rings (SSSR count). The minimum atomic E-state index is -0.230. The standard InChI is InChI=1S/C16H24FN3O/c1-16(2)6-5-13(21-16)12-19-8-10-20(11-9-19)15-14(17)4-3-7-18-15/h3-4,7,13H,5-6,8-12H2,1-2H3/t13-/m1/s1. The molecule has 2 aliphatic heterocycles. The van der Waals surface area contributed by atoms with Crippen molar-refractivity contribution < 1.29 is 9.13 Å². The molecule has 0 radical (unpaired) electrons. The molecular weight excluding hydrogens is 269 g/mol. The van der Waals surface area contributed by atoms with Gasteiger partial charge in [-0.25, -0.2) is 9.37 Å². The van der Waals surface area contributed by atoms with Crippen LogP contribution in [0.1, 0.15) is 26.7 Å². The summed E-state index contributed by atoms with van der Waals surface area (Å²) in [6, 6.07) is 3.11. The Balaban J connectivity index is 1.51. The van der Waals surface area contributed by atoms with E-state index in [0.717, 1.165) is 45.6 Å². The Kier molecular flexibility index (Phi) is 4.13. The lowest BCUT2D eigenvalue weighted by Crippen LogP contribution is -2.49. The first-order chi connectivity index (χ1) is 10.0. The van der Waals surface area contributed by atoms with Crippen molar-refractivity contribution in [3.63, 3.8) is 0 Å². The average molecular weight is 293 g/mol. The van der Waals surface area contributed by atoms with E-state index in [1.807, 2.05) is 4.90 Å². The van der Waals surface area contributed by atoms with E-state index < -0.39 is 0 Å². The third-order valence-corrected chi connectivity index (χ3v) is 4.43. The monoisotopic (exact) mass is 293 g/mol. The first-order valence-corrected chi connectivity index (χ1v) is 7.79. The van der Waals surface area contributed by atoms with Crippen LogP contribution in [-0.4, -0.2) is 54.3 Å². The van der Waals surface area contributed by atoms with Crippen LogP contribution in [0, 0.1) is 5.82 Å². The Labute approximate surface area is 125 Å². The largest absolute Gasteiger partial charge is 0.371 e. The summed E-state index contributed by atoms with van der Waals surface area (Å²) in [5.74, 6) is 0.252. The summed E-state index contributed by atoms with van der Waals surface area (Å²) >= 11 is 0. The maximum Gasteiger partial charge on any atom is 0.165 e. The molecule has 0 unspecified atom stereocenters. The molecule has 0 bridgehead atoms. The average Bonchev–Trinajstić information content (AvgIpc) is 2.80. The van der Waals surface area contributed by atoms with Gasteiger partial charge in [0.05, 0.1) is 11.7 Å². The third kappa shape index (κ3) is 3.52. The van der Waals surface area contributed by atoms with Crippen molar-refractivity contribution in [3.05, 3.63) is 24.1 Å². The predicted molar refractivity (Wildman–Crippen MR) is 81.0 cm³/mol. The second-order valence-electron chi connectivity index (χ2n) is 6.63. The highest BCUT2D eigenvalue weighted by molar-refractivity contribution is 5.40. The van der Waals surface area contributed by atoms with E-state index in [2.05, 4.69) is 23.7 Å². The highest BCUT2D eigenvalue weighted by Gasteiger charge is 2.33. The number of hydrogen-bond donors (Lipinski definition) is 0. The number of ether oxygens (including phenoxy) is 1. The highest BCUT2D eigenvalue weighted by atomic mass is 19.1. The van der Waals surface area contributed by atoms with E-state index in [1.54, 1.807) is 12.3 Å². The second kappa shape index (κ2) is 5.89. The molecule has 2 aliphatic rings. The van der Waals surface area contributed by atoms with Gasteiger partial charge in [0.2, 0.25) is 0 Å². The van der Waals surface area contributed by atoms with Crippen LogP contribution in [0.5, 0.6) is 0 Å². The molecular formula is C16H24FN3O. The van der Waals surface area contributed by atoms with E-state index in [1.165, 1.54) is 6.07 Å². The zero-order chi connectivity index (χ0) is 14.9. The summed E-state index contributed by atoms with van der Waals surface area (Å²) in [5.41, 5.74) is 0.0313. The Morgan fingerprint density at radius 1 is 1.33 bits per heavy atom. The van der Waals surface area contributed by atoms with Crippen molar-refractivity contribution in [2.75, 3.05) is 37.6 Å². The molecule has 3 heterocycles. The fourth-order valence-corrected chi connectivity index (χ4v) is 3.25. The van der Waals surface area contributed by atoms with Gasteiger partial charge >= 0.3 is 0 Å². The lowest BCUT2D eigenvalue weighted by Gasteiger charge is -2.36. The summed E-state index contributed by atoms with van der Waals surface area (Å²) in [6.07, 6.45) is 4.27. The van der Waals surface area contributed by atoms with Crippen LogP contribution in [0.25, 0.3) is 0 Å². The summed E-state index contributed by atoms with van der Waals surface area (Å²) in [7, 11) is 0. The molecule has 5 heteroatoms. The van der Waals surface area contributed by atoms with Crippen LogP contribution >= 0.6 is 0 Å². The second-order valence-corrected chi connectivity index (χ2v) is 6.63. The van der Waals surface area contributed by atoms with Crippen LogP contribution in [0.15, 0.2) is 18.3 Å². The lowest BCUT2D eigenvalue weighted by molar-refractivity contribution is -0.0291. The fraction of sp³-hybridized carbons (Fsp3) is 0.688. The molecule has 2 saturated heterocycles. The van der Waals surface area contributed by atoms with Gasteiger partial charge in [-0.15, -0.1) is 0 Å². The summed E-state index contributed by atoms with van der Waals surface area (Å²) in [4.78, 5) is 8.61. The van der Waals surface area contributed by atoms with Gasteiger partial charge in [0, 0.05) is 38.9 Å². The molecule has 1 aromatic rings. The normalized spacial score (nSPS) is 26.2. The summed E-state index contributed by atoms with van der Waals surface area (Å²) in [5, 5.41) is 0. The third-order valence-electron chi connectivity index (χ3n) is 4.43.